The summed E-state index contributed by atoms with van der Waals surface area (Å²) >= 11 is 1.69. The fourth-order valence-corrected chi connectivity index (χ4v) is 4.15. The molecular weight excluding hydrogens is 294 g/mol. The zero-order valence-corrected chi connectivity index (χ0v) is 13.8. The van der Waals surface area contributed by atoms with E-state index >= 15 is 0 Å². The lowest BCUT2D eigenvalue weighted by Gasteiger charge is -2.38. The predicted octanol–water partition coefficient (Wildman–Crippen LogP) is 2.81. The lowest BCUT2D eigenvalue weighted by molar-refractivity contribution is -0.135. The van der Waals surface area contributed by atoms with Gasteiger partial charge in [-0.05, 0) is 30.9 Å². The Hall–Kier alpha value is -1.46. The third kappa shape index (κ3) is 3.31. The van der Waals surface area contributed by atoms with Gasteiger partial charge in [-0.15, -0.1) is 11.3 Å². The number of amides is 1. The molecule has 2 heterocycles. The molecule has 4 nitrogen and oxygen atoms in total. The van der Waals surface area contributed by atoms with Crippen molar-refractivity contribution in [3.63, 3.8) is 0 Å². The second-order valence-corrected chi connectivity index (χ2v) is 7.30. The fourth-order valence-electron chi connectivity index (χ4n) is 3.19. The topological polar surface area (TPSA) is 59.2 Å². The van der Waals surface area contributed by atoms with E-state index in [4.69, 9.17) is 5.73 Å². The average Bonchev–Trinajstić information content (AvgIpc) is 2.95. The molecule has 1 amide bonds. The fraction of sp³-hybridized carbons (Fsp3) is 0.529. The number of fused-ring (bicyclic) bond motifs is 1. The van der Waals surface area contributed by atoms with Crippen molar-refractivity contribution in [1.29, 1.82) is 0 Å². The van der Waals surface area contributed by atoms with Gasteiger partial charge in [0, 0.05) is 32.0 Å². The summed E-state index contributed by atoms with van der Waals surface area (Å²) in [5, 5.41) is 1.05. The van der Waals surface area contributed by atoms with E-state index in [0.29, 0.717) is 18.9 Å². The number of thiazole rings is 1. The number of hydrogen-bond acceptors (Lipinski definition) is 4. The van der Waals surface area contributed by atoms with Crippen molar-refractivity contribution in [3.05, 3.63) is 29.3 Å². The highest BCUT2D eigenvalue weighted by Crippen LogP contribution is 2.25. The van der Waals surface area contributed by atoms with Crippen molar-refractivity contribution in [2.24, 2.45) is 11.7 Å². The molecule has 22 heavy (non-hydrogen) atoms. The van der Waals surface area contributed by atoms with E-state index in [1.807, 2.05) is 23.1 Å². The minimum Gasteiger partial charge on any atom is -0.338 e. The Kier molecular flexibility index (Phi) is 4.74. The van der Waals surface area contributed by atoms with Crippen molar-refractivity contribution < 1.29 is 4.79 Å². The first-order valence-electron chi connectivity index (χ1n) is 8.01. The van der Waals surface area contributed by atoms with Gasteiger partial charge in [0.05, 0.1) is 15.2 Å². The van der Waals surface area contributed by atoms with Crippen LogP contribution in [0.25, 0.3) is 10.2 Å². The summed E-state index contributed by atoms with van der Waals surface area (Å²) in [6.07, 6.45) is 3.37. The van der Waals surface area contributed by atoms with Crippen LogP contribution in [0.1, 0.15) is 31.2 Å². The molecule has 2 unspecified atom stereocenters. The largest absolute Gasteiger partial charge is 0.338 e. The van der Waals surface area contributed by atoms with Crippen molar-refractivity contribution in [1.82, 2.24) is 9.88 Å². The van der Waals surface area contributed by atoms with E-state index in [9.17, 15) is 4.79 Å². The summed E-state index contributed by atoms with van der Waals surface area (Å²) in [6, 6.07) is 8.34. The predicted molar refractivity (Wildman–Crippen MR) is 90.9 cm³/mol. The molecule has 0 radical (unpaired) electrons. The van der Waals surface area contributed by atoms with Crippen LogP contribution >= 0.6 is 11.3 Å². The number of nitrogens with zero attached hydrogens (tertiary/aromatic N) is 2. The molecule has 0 spiro atoms. The molecule has 118 valence electrons. The first kappa shape index (κ1) is 15.4. The Morgan fingerprint density at radius 1 is 1.45 bits per heavy atom. The summed E-state index contributed by atoms with van der Waals surface area (Å²) in [7, 11) is 0. The number of hydrogen-bond donors (Lipinski definition) is 1. The molecule has 1 fully saturated rings. The van der Waals surface area contributed by atoms with E-state index in [1.165, 1.54) is 4.70 Å². The van der Waals surface area contributed by atoms with E-state index in [1.54, 1.807) is 11.3 Å². The molecule has 0 aliphatic carbocycles. The molecule has 0 saturated carbocycles. The van der Waals surface area contributed by atoms with Crippen LogP contribution in [0.3, 0.4) is 0 Å². The van der Waals surface area contributed by atoms with Gasteiger partial charge in [-0.1, -0.05) is 19.1 Å². The number of aryl methyl sites for hydroxylation is 1. The Balaban J connectivity index is 1.61. The highest BCUT2D eigenvalue weighted by Gasteiger charge is 2.28. The second-order valence-electron chi connectivity index (χ2n) is 6.18. The molecule has 1 aromatic carbocycles. The summed E-state index contributed by atoms with van der Waals surface area (Å²) in [5.74, 6) is 0.892. The van der Waals surface area contributed by atoms with Crippen molar-refractivity contribution in [2.75, 3.05) is 13.1 Å². The van der Waals surface area contributed by atoms with Crippen LogP contribution in [0.4, 0.5) is 0 Å². The minimum atomic E-state index is 0.214. The molecule has 1 aliphatic rings. The normalized spacial score (nSPS) is 22.2. The SMILES string of the molecule is CC1CCN(C(=O)CCc2nc3ccccc3s2)C(CN)C1. The maximum atomic E-state index is 12.5. The summed E-state index contributed by atoms with van der Waals surface area (Å²) in [6.45, 7) is 3.66. The van der Waals surface area contributed by atoms with Crippen LogP contribution < -0.4 is 5.73 Å². The lowest BCUT2D eigenvalue weighted by atomic mass is 9.92. The van der Waals surface area contributed by atoms with E-state index in [0.717, 1.165) is 36.3 Å². The monoisotopic (exact) mass is 317 g/mol. The van der Waals surface area contributed by atoms with Crippen molar-refractivity contribution in [2.45, 2.75) is 38.6 Å². The van der Waals surface area contributed by atoms with Gasteiger partial charge in [-0.3, -0.25) is 4.79 Å². The zero-order chi connectivity index (χ0) is 15.5. The van der Waals surface area contributed by atoms with Gasteiger partial charge in [0.1, 0.15) is 0 Å². The molecule has 2 N–H and O–H groups in total. The summed E-state index contributed by atoms with van der Waals surface area (Å²) in [5.41, 5.74) is 6.88. The third-order valence-electron chi connectivity index (χ3n) is 4.46. The van der Waals surface area contributed by atoms with Gasteiger partial charge in [0.15, 0.2) is 0 Å². The molecule has 2 atom stereocenters. The number of aromatic nitrogens is 1. The van der Waals surface area contributed by atoms with E-state index < -0.39 is 0 Å². The Labute approximate surface area is 135 Å². The number of likely N-dealkylation sites (tertiary alicyclic amines) is 1. The first-order valence-corrected chi connectivity index (χ1v) is 8.83. The number of carbonyl (C=O) groups is 1. The van der Waals surface area contributed by atoms with Crippen LogP contribution in [-0.2, 0) is 11.2 Å². The van der Waals surface area contributed by atoms with Crippen LogP contribution in [0, 0.1) is 5.92 Å². The highest BCUT2D eigenvalue weighted by atomic mass is 32.1. The Bertz CT molecular complexity index is 621. The molecular formula is C17H23N3OS. The van der Waals surface area contributed by atoms with E-state index in [2.05, 4.69) is 18.0 Å². The molecule has 1 aromatic heterocycles. The van der Waals surface area contributed by atoms with Gasteiger partial charge in [-0.2, -0.15) is 0 Å². The maximum Gasteiger partial charge on any atom is 0.223 e. The van der Waals surface area contributed by atoms with Crippen molar-refractivity contribution >= 4 is 27.5 Å². The third-order valence-corrected chi connectivity index (χ3v) is 5.56. The molecule has 0 bridgehead atoms. The molecule has 1 saturated heterocycles. The maximum absolute atomic E-state index is 12.5. The number of nitrogens with two attached hydrogens (primary N) is 1. The summed E-state index contributed by atoms with van der Waals surface area (Å²) < 4.78 is 1.19. The number of benzene rings is 1. The van der Waals surface area contributed by atoms with Gasteiger partial charge < -0.3 is 10.6 Å². The van der Waals surface area contributed by atoms with Crippen molar-refractivity contribution in [3.8, 4) is 0 Å². The number of para-hydroxylation sites is 1. The van der Waals surface area contributed by atoms with Crippen LogP contribution in [0.5, 0.6) is 0 Å². The van der Waals surface area contributed by atoms with Crippen LogP contribution in [0.15, 0.2) is 24.3 Å². The number of rotatable bonds is 4. The molecule has 1 aliphatic heterocycles. The van der Waals surface area contributed by atoms with Gasteiger partial charge in [0.25, 0.3) is 0 Å². The Morgan fingerprint density at radius 3 is 3.05 bits per heavy atom. The highest BCUT2D eigenvalue weighted by molar-refractivity contribution is 7.18. The van der Waals surface area contributed by atoms with Crippen LogP contribution in [0.2, 0.25) is 0 Å². The second kappa shape index (κ2) is 6.75. The zero-order valence-electron chi connectivity index (χ0n) is 13.0. The average molecular weight is 317 g/mol. The van der Waals surface area contributed by atoms with Gasteiger partial charge in [0.2, 0.25) is 5.91 Å². The molecule has 5 heteroatoms. The summed E-state index contributed by atoms with van der Waals surface area (Å²) in [4.78, 5) is 19.1. The lowest BCUT2D eigenvalue weighted by Crippen LogP contribution is -2.49. The smallest absolute Gasteiger partial charge is 0.223 e. The quantitative estimate of drug-likeness (QED) is 0.943. The van der Waals surface area contributed by atoms with Gasteiger partial charge >= 0.3 is 0 Å². The minimum absolute atomic E-state index is 0.214. The molecule has 3 rings (SSSR count). The van der Waals surface area contributed by atoms with Crippen LogP contribution in [-0.4, -0.2) is 34.9 Å². The standard InChI is InChI=1S/C17H23N3OS/c1-12-8-9-20(13(10-12)11-18)17(21)7-6-16-19-14-4-2-3-5-15(14)22-16/h2-5,12-13H,6-11,18H2,1H3. The Morgan fingerprint density at radius 2 is 2.27 bits per heavy atom. The molecule has 2 aromatic rings. The van der Waals surface area contributed by atoms with Gasteiger partial charge in [-0.25, -0.2) is 4.98 Å². The van der Waals surface area contributed by atoms with E-state index in [-0.39, 0.29) is 11.9 Å². The number of piperidine rings is 1. The number of carbonyl (C=O) groups excluding carboxylic acids is 1. The first-order chi connectivity index (χ1) is 10.7.